The lowest BCUT2D eigenvalue weighted by atomic mass is 9.89. The molecule has 1 fully saturated rings. The lowest BCUT2D eigenvalue weighted by molar-refractivity contribution is 0.171. The molecule has 1 saturated heterocycles. The average Bonchev–Trinajstić information content (AvgIpc) is 1.99. The van der Waals surface area contributed by atoms with Gasteiger partial charge in [0, 0.05) is 18.1 Å². The zero-order chi connectivity index (χ0) is 9.90. The first-order chi connectivity index (χ1) is 5.99. The van der Waals surface area contributed by atoms with Gasteiger partial charge < -0.3 is 15.7 Å². The van der Waals surface area contributed by atoms with Crippen LogP contribution in [0.25, 0.3) is 0 Å². The number of nitrogens with one attached hydrogen (secondary N) is 2. The molecule has 0 aromatic heterocycles. The molecule has 0 radical (unpaired) electrons. The molecule has 0 aromatic carbocycles. The first-order valence-corrected chi connectivity index (χ1v) is 5.16. The maximum atomic E-state index is 9.13. The lowest BCUT2D eigenvalue weighted by Crippen LogP contribution is -2.52. The van der Waals surface area contributed by atoms with Gasteiger partial charge in [0.25, 0.3) is 0 Å². The van der Waals surface area contributed by atoms with E-state index < -0.39 is 0 Å². The minimum Gasteiger partial charge on any atom is -0.392 e. The van der Waals surface area contributed by atoms with Crippen LogP contribution in [0.1, 0.15) is 33.6 Å². The molecule has 2 unspecified atom stereocenters. The third kappa shape index (κ3) is 4.07. The second-order valence-corrected chi connectivity index (χ2v) is 4.76. The molecule has 3 heteroatoms. The molecule has 2 atom stereocenters. The summed E-state index contributed by atoms with van der Waals surface area (Å²) in [5, 5.41) is 16.0. The van der Waals surface area contributed by atoms with Gasteiger partial charge in [0.2, 0.25) is 0 Å². The van der Waals surface area contributed by atoms with Crippen molar-refractivity contribution >= 4 is 0 Å². The summed E-state index contributed by atoms with van der Waals surface area (Å²) in [6, 6.07) is 0.561. The maximum Gasteiger partial charge on any atom is 0.0636 e. The molecule has 78 valence electrons. The van der Waals surface area contributed by atoms with E-state index >= 15 is 0 Å². The van der Waals surface area contributed by atoms with Gasteiger partial charge in [-0.05, 0) is 40.2 Å². The Bertz CT molecular complexity index is 157. The third-order valence-corrected chi connectivity index (χ3v) is 2.56. The van der Waals surface area contributed by atoms with Gasteiger partial charge >= 0.3 is 0 Å². The summed E-state index contributed by atoms with van der Waals surface area (Å²) in [4.78, 5) is 0. The van der Waals surface area contributed by atoms with Crippen LogP contribution in [0.5, 0.6) is 0 Å². The number of aliphatic hydroxyl groups is 1. The number of aliphatic hydroxyl groups excluding tert-OH is 1. The molecular formula is C10H22N2O. The second-order valence-electron chi connectivity index (χ2n) is 4.76. The molecule has 0 spiro atoms. The van der Waals surface area contributed by atoms with E-state index in [-0.39, 0.29) is 11.6 Å². The standard InChI is InChI=1S/C10H22N2O/c1-8(13)7-11-9-4-5-12-10(2,3)6-9/h8-9,11-13H,4-7H2,1-3H3. The minimum atomic E-state index is -0.238. The summed E-state index contributed by atoms with van der Waals surface area (Å²) in [7, 11) is 0. The number of hydrogen-bond donors (Lipinski definition) is 3. The van der Waals surface area contributed by atoms with Crippen LogP contribution >= 0.6 is 0 Å². The van der Waals surface area contributed by atoms with Gasteiger partial charge in [-0.2, -0.15) is 0 Å². The van der Waals surface area contributed by atoms with Crippen molar-refractivity contribution in [2.45, 2.75) is 51.3 Å². The van der Waals surface area contributed by atoms with Crippen LogP contribution < -0.4 is 10.6 Å². The minimum absolute atomic E-state index is 0.238. The normalized spacial score (nSPS) is 30.0. The van der Waals surface area contributed by atoms with Crippen LogP contribution in [0.2, 0.25) is 0 Å². The molecule has 1 rings (SSSR count). The predicted molar refractivity (Wildman–Crippen MR) is 54.8 cm³/mol. The Balaban J connectivity index is 2.26. The second kappa shape index (κ2) is 4.40. The molecule has 3 N–H and O–H groups in total. The number of piperidine rings is 1. The fourth-order valence-electron chi connectivity index (χ4n) is 1.89. The highest BCUT2D eigenvalue weighted by atomic mass is 16.3. The highest BCUT2D eigenvalue weighted by Gasteiger charge is 2.26. The fourth-order valence-corrected chi connectivity index (χ4v) is 1.89. The Morgan fingerprint density at radius 2 is 2.31 bits per heavy atom. The van der Waals surface area contributed by atoms with Crippen LogP contribution in [0.3, 0.4) is 0 Å². The zero-order valence-corrected chi connectivity index (χ0v) is 8.93. The highest BCUT2D eigenvalue weighted by molar-refractivity contribution is 4.89. The summed E-state index contributed by atoms with van der Waals surface area (Å²) in [5.74, 6) is 0. The molecule has 13 heavy (non-hydrogen) atoms. The fraction of sp³-hybridized carbons (Fsp3) is 1.00. The number of rotatable bonds is 3. The molecule has 1 heterocycles. The first kappa shape index (κ1) is 11.0. The topological polar surface area (TPSA) is 44.3 Å². The predicted octanol–water partition coefficient (Wildman–Crippen LogP) is 0.487. The molecule has 1 aliphatic rings. The largest absolute Gasteiger partial charge is 0.392 e. The van der Waals surface area contributed by atoms with Crippen LogP contribution in [0, 0.1) is 0 Å². The highest BCUT2D eigenvalue weighted by Crippen LogP contribution is 2.17. The van der Waals surface area contributed by atoms with Gasteiger partial charge in [0.05, 0.1) is 6.10 Å². The van der Waals surface area contributed by atoms with Crippen molar-refractivity contribution in [1.29, 1.82) is 0 Å². The molecule has 3 nitrogen and oxygen atoms in total. The Morgan fingerprint density at radius 1 is 1.62 bits per heavy atom. The Labute approximate surface area is 80.9 Å². The van der Waals surface area contributed by atoms with Crippen LogP contribution in [0.4, 0.5) is 0 Å². The van der Waals surface area contributed by atoms with Crippen LogP contribution in [-0.2, 0) is 0 Å². The van der Waals surface area contributed by atoms with Crippen molar-refractivity contribution in [3.63, 3.8) is 0 Å². The lowest BCUT2D eigenvalue weighted by Gasteiger charge is -2.37. The molecular weight excluding hydrogens is 164 g/mol. The van der Waals surface area contributed by atoms with Crippen LogP contribution in [-0.4, -0.2) is 35.9 Å². The summed E-state index contributed by atoms with van der Waals surface area (Å²) < 4.78 is 0. The molecule has 0 amide bonds. The summed E-state index contributed by atoms with van der Waals surface area (Å²) >= 11 is 0. The summed E-state index contributed by atoms with van der Waals surface area (Å²) in [6.07, 6.45) is 2.06. The quantitative estimate of drug-likeness (QED) is 0.601. The van der Waals surface area contributed by atoms with Crippen molar-refractivity contribution in [2.75, 3.05) is 13.1 Å². The van der Waals surface area contributed by atoms with E-state index in [1.807, 2.05) is 6.92 Å². The van der Waals surface area contributed by atoms with Crippen molar-refractivity contribution in [1.82, 2.24) is 10.6 Å². The van der Waals surface area contributed by atoms with Gasteiger partial charge in [0.1, 0.15) is 0 Å². The van der Waals surface area contributed by atoms with Crippen molar-refractivity contribution in [3.8, 4) is 0 Å². The SMILES string of the molecule is CC(O)CNC1CCNC(C)(C)C1. The van der Waals surface area contributed by atoms with Gasteiger partial charge in [-0.1, -0.05) is 0 Å². The molecule has 0 aliphatic carbocycles. The average molecular weight is 186 g/mol. The van der Waals surface area contributed by atoms with Crippen molar-refractivity contribution in [2.24, 2.45) is 0 Å². The maximum absolute atomic E-state index is 9.13. The van der Waals surface area contributed by atoms with Gasteiger partial charge in [-0.3, -0.25) is 0 Å². The van der Waals surface area contributed by atoms with E-state index in [9.17, 15) is 0 Å². The summed E-state index contributed by atoms with van der Waals surface area (Å²) in [5.41, 5.74) is 0.245. The third-order valence-electron chi connectivity index (χ3n) is 2.56. The van der Waals surface area contributed by atoms with Gasteiger partial charge in [0.15, 0.2) is 0 Å². The molecule has 0 aromatic rings. The van der Waals surface area contributed by atoms with E-state index in [1.54, 1.807) is 0 Å². The van der Waals surface area contributed by atoms with Gasteiger partial charge in [-0.25, -0.2) is 0 Å². The monoisotopic (exact) mass is 186 g/mol. The van der Waals surface area contributed by atoms with E-state index in [0.29, 0.717) is 12.6 Å². The van der Waals surface area contributed by atoms with E-state index in [0.717, 1.165) is 19.4 Å². The van der Waals surface area contributed by atoms with Crippen molar-refractivity contribution < 1.29 is 5.11 Å². The van der Waals surface area contributed by atoms with E-state index in [1.165, 1.54) is 0 Å². The summed E-state index contributed by atoms with van der Waals surface area (Å²) in [6.45, 7) is 8.05. The van der Waals surface area contributed by atoms with E-state index in [4.69, 9.17) is 5.11 Å². The molecule has 1 aliphatic heterocycles. The molecule has 0 bridgehead atoms. The number of hydrogen-bond acceptors (Lipinski definition) is 3. The zero-order valence-electron chi connectivity index (χ0n) is 8.93. The smallest absolute Gasteiger partial charge is 0.0636 e. The Kier molecular flexibility index (Phi) is 3.71. The van der Waals surface area contributed by atoms with E-state index in [2.05, 4.69) is 24.5 Å². The molecule has 0 saturated carbocycles. The van der Waals surface area contributed by atoms with Crippen LogP contribution in [0.15, 0.2) is 0 Å². The van der Waals surface area contributed by atoms with Gasteiger partial charge in [-0.15, -0.1) is 0 Å². The first-order valence-electron chi connectivity index (χ1n) is 5.16. The Hall–Kier alpha value is -0.120. The van der Waals surface area contributed by atoms with Crippen molar-refractivity contribution in [3.05, 3.63) is 0 Å². The Morgan fingerprint density at radius 3 is 2.85 bits per heavy atom.